The quantitative estimate of drug-likeness (QED) is 0.260. The second kappa shape index (κ2) is 10.9. The Labute approximate surface area is 251 Å². The molecule has 2 atom stereocenters. The fraction of sp³-hybridized carbons (Fsp3) is 0.281. The highest BCUT2D eigenvalue weighted by molar-refractivity contribution is 6.36. The Morgan fingerprint density at radius 3 is 2.40 bits per heavy atom. The van der Waals surface area contributed by atoms with Crippen LogP contribution in [0.25, 0.3) is 11.3 Å². The van der Waals surface area contributed by atoms with Crippen molar-refractivity contribution in [3.63, 3.8) is 0 Å². The summed E-state index contributed by atoms with van der Waals surface area (Å²) in [5, 5.41) is 2.87. The van der Waals surface area contributed by atoms with E-state index in [2.05, 4.69) is 5.32 Å². The summed E-state index contributed by atoms with van der Waals surface area (Å²) in [5.74, 6) is 0.139. The van der Waals surface area contributed by atoms with Gasteiger partial charge in [-0.1, -0.05) is 18.5 Å². The van der Waals surface area contributed by atoms with Crippen LogP contribution in [0.2, 0.25) is 5.02 Å². The summed E-state index contributed by atoms with van der Waals surface area (Å²) < 4.78 is 34.0. The molecule has 1 aliphatic heterocycles. The minimum Gasteiger partial charge on any atom is -0.497 e. The molecule has 0 bridgehead atoms. The molecule has 11 heteroatoms. The van der Waals surface area contributed by atoms with Crippen molar-refractivity contribution < 1.29 is 42.2 Å². The number of nitrogens with one attached hydrogen (secondary N) is 1. The lowest BCUT2D eigenvalue weighted by Gasteiger charge is -2.35. The second-order valence-electron chi connectivity index (χ2n) is 10.4. The molecule has 2 aliphatic rings. The normalized spacial score (nSPS) is 18.7. The highest BCUT2D eigenvalue weighted by Gasteiger charge is 2.63. The van der Waals surface area contributed by atoms with Gasteiger partial charge in [0.15, 0.2) is 5.75 Å². The lowest BCUT2D eigenvalue weighted by molar-refractivity contribution is -0.120. The summed E-state index contributed by atoms with van der Waals surface area (Å²) in [6.07, 6.45) is 1.51. The van der Waals surface area contributed by atoms with Crippen LogP contribution in [-0.2, 0) is 24.2 Å². The molecule has 1 spiro atoms. The van der Waals surface area contributed by atoms with Gasteiger partial charge in [0, 0.05) is 29.5 Å². The van der Waals surface area contributed by atoms with Gasteiger partial charge < -0.3 is 33.1 Å². The van der Waals surface area contributed by atoms with E-state index in [-0.39, 0.29) is 58.7 Å². The van der Waals surface area contributed by atoms with E-state index in [0.29, 0.717) is 34.2 Å². The first kappa shape index (κ1) is 28.4. The number of benzene rings is 2. The van der Waals surface area contributed by atoms with Crippen LogP contribution >= 0.6 is 11.6 Å². The predicted octanol–water partition coefficient (Wildman–Crippen LogP) is 5.47. The molecule has 10 nitrogen and oxygen atoms in total. The van der Waals surface area contributed by atoms with Gasteiger partial charge in [-0.25, -0.2) is 0 Å². The number of hydrogen-bond donors (Lipinski definition) is 1. The van der Waals surface area contributed by atoms with Crippen molar-refractivity contribution >= 4 is 29.1 Å². The number of methoxy groups -OCH3 is 3. The highest BCUT2D eigenvalue weighted by Crippen LogP contribution is 2.54. The average molecular weight is 606 g/mol. The van der Waals surface area contributed by atoms with Gasteiger partial charge in [0.1, 0.15) is 45.1 Å². The Morgan fingerprint density at radius 2 is 1.74 bits per heavy atom. The van der Waals surface area contributed by atoms with Crippen molar-refractivity contribution in [3.05, 3.63) is 82.0 Å². The van der Waals surface area contributed by atoms with Gasteiger partial charge >= 0.3 is 0 Å². The Kier molecular flexibility index (Phi) is 7.17. The molecule has 2 aromatic heterocycles. The van der Waals surface area contributed by atoms with E-state index in [1.165, 1.54) is 26.5 Å². The van der Waals surface area contributed by atoms with Crippen LogP contribution in [0.1, 0.15) is 44.7 Å². The van der Waals surface area contributed by atoms with Crippen LogP contribution in [-0.4, -0.2) is 44.4 Å². The fourth-order valence-electron chi connectivity index (χ4n) is 5.80. The summed E-state index contributed by atoms with van der Waals surface area (Å²) in [6.45, 7) is 1.91. The number of furan rings is 2. The molecular formula is C32H28ClNO9. The summed E-state index contributed by atoms with van der Waals surface area (Å²) in [7, 11) is 4.39. The molecule has 1 aliphatic carbocycles. The lowest BCUT2D eigenvalue weighted by Crippen LogP contribution is -2.56. The maximum atomic E-state index is 14.6. The molecule has 4 aromatic rings. The number of carbonyl (C=O) groups excluding carboxylic acids is 3. The summed E-state index contributed by atoms with van der Waals surface area (Å²) in [6, 6.07) is 12.0. The minimum atomic E-state index is -1.95. The number of hydrogen-bond acceptors (Lipinski definition) is 9. The van der Waals surface area contributed by atoms with Gasteiger partial charge in [0.05, 0.1) is 46.1 Å². The van der Waals surface area contributed by atoms with E-state index in [1.807, 2.05) is 0 Å². The van der Waals surface area contributed by atoms with Crippen LogP contribution in [0.3, 0.4) is 0 Å². The Balaban J connectivity index is 1.45. The van der Waals surface area contributed by atoms with Crippen LogP contribution < -0.4 is 24.3 Å². The maximum absolute atomic E-state index is 14.6. The van der Waals surface area contributed by atoms with E-state index in [1.54, 1.807) is 50.4 Å². The van der Waals surface area contributed by atoms with Gasteiger partial charge in [0.2, 0.25) is 23.1 Å². The first-order valence-corrected chi connectivity index (χ1v) is 13.9. The van der Waals surface area contributed by atoms with E-state index in [4.69, 9.17) is 39.4 Å². The fourth-order valence-corrected chi connectivity index (χ4v) is 6.06. The van der Waals surface area contributed by atoms with Crippen LogP contribution in [0.5, 0.6) is 23.0 Å². The number of amides is 1. The van der Waals surface area contributed by atoms with Gasteiger partial charge in [-0.05, 0) is 36.4 Å². The zero-order valence-corrected chi connectivity index (χ0v) is 24.6. The molecule has 3 heterocycles. The number of rotatable bonds is 8. The Hall–Kier alpha value is -4.70. The summed E-state index contributed by atoms with van der Waals surface area (Å²) >= 11 is 6.57. The van der Waals surface area contributed by atoms with Gasteiger partial charge in [-0.3, -0.25) is 14.4 Å². The standard InChI is InChI=1S/C32H28ClNO9/c1-16-12-22-25(30(36)32(16)31(37)26-21(39-3)14-23(40-4)27(33)29(26)43-32)20(13-24(35)34-15-19-6-5-11-41-19)28(42-22)17-7-9-18(38-2)10-8-17/h5-11,14,16H,12-13,15H2,1-4H3,(H,34,35)/t16-,32+/m1/s1. The third-order valence-corrected chi connectivity index (χ3v) is 8.34. The molecule has 0 saturated heterocycles. The summed E-state index contributed by atoms with van der Waals surface area (Å²) in [4.78, 5) is 42.0. The van der Waals surface area contributed by atoms with Crippen molar-refractivity contribution in [2.24, 2.45) is 5.92 Å². The van der Waals surface area contributed by atoms with Crippen molar-refractivity contribution in [1.29, 1.82) is 0 Å². The zero-order valence-electron chi connectivity index (χ0n) is 23.9. The molecule has 0 radical (unpaired) electrons. The number of ether oxygens (including phenoxy) is 4. The van der Waals surface area contributed by atoms with E-state index in [9.17, 15) is 14.4 Å². The second-order valence-corrected chi connectivity index (χ2v) is 10.7. The molecule has 1 N–H and O–H groups in total. The Morgan fingerprint density at radius 1 is 1.02 bits per heavy atom. The highest BCUT2D eigenvalue weighted by atomic mass is 35.5. The number of carbonyl (C=O) groups is 3. The third kappa shape index (κ3) is 4.44. The molecule has 6 rings (SSSR count). The number of ketones is 2. The molecule has 0 fully saturated rings. The first-order valence-electron chi connectivity index (χ1n) is 13.5. The lowest BCUT2D eigenvalue weighted by atomic mass is 9.70. The van der Waals surface area contributed by atoms with Crippen LogP contribution in [0.4, 0.5) is 0 Å². The van der Waals surface area contributed by atoms with Crippen molar-refractivity contribution in [3.8, 4) is 34.3 Å². The average Bonchev–Trinajstić information content (AvgIpc) is 3.73. The molecule has 0 unspecified atom stereocenters. The molecule has 43 heavy (non-hydrogen) atoms. The SMILES string of the molecule is COc1ccc(-c2oc3c(c2CC(=O)NCc2ccco2)C(=O)[C@@]2(Oc4c(Cl)c(OC)cc(OC)c4C2=O)[C@H](C)C3)cc1. The van der Waals surface area contributed by atoms with Crippen molar-refractivity contribution in [2.75, 3.05) is 21.3 Å². The molecular weight excluding hydrogens is 578 g/mol. The topological polar surface area (TPSA) is 126 Å². The monoisotopic (exact) mass is 605 g/mol. The smallest absolute Gasteiger partial charge is 0.237 e. The van der Waals surface area contributed by atoms with Crippen molar-refractivity contribution in [2.45, 2.75) is 31.9 Å². The molecule has 222 valence electrons. The van der Waals surface area contributed by atoms with Crippen LogP contribution in [0.15, 0.2) is 57.6 Å². The molecule has 2 aromatic carbocycles. The van der Waals surface area contributed by atoms with Crippen molar-refractivity contribution in [1.82, 2.24) is 5.32 Å². The molecule has 0 saturated carbocycles. The minimum absolute atomic E-state index is 0.0168. The summed E-state index contributed by atoms with van der Waals surface area (Å²) in [5.41, 5.74) is -0.765. The van der Waals surface area contributed by atoms with E-state index in [0.717, 1.165) is 0 Å². The van der Waals surface area contributed by atoms with Gasteiger partial charge in [0.25, 0.3) is 0 Å². The number of Topliss-reactive ketones (excluding diaryl/α,β-unsaturated/α-hetero) is 2. The van der Waals surface area contributed by atoms with E-state index >= 15 is 0 Å². The molecule has 1 amide bonds. The van der Waals surface area contributed by atoms with Crippen LogP contribution in [0, 0.1) is 5.92 Å². The first-order chi connectivity index (χ1) is 20.7. The van der Waals surface area contributed by atoms with E-state index < -0.39 is 23.1 Å². The predicted molar refractivity (Wildman–Crippen MR) is 154 cm³/mol. The third-order valence-electron chi connectivity index (χ3n) is 7.98. The van der Waals surface area contributed by atoms with Gasteiger partial charge in [-0.15, -0.1) is 0 Å². The largest absolute Gasteiger partial charge is 0.497 e. The number of fused-ring (bicyclic) bond motifs is 2. The zero-order chi connectivity index (χ0) is 30.5. The maximum Gasteiger partial charge on any atom is 0.237 e. The Bertz CT molecular complexity index is 1740. The van der Waals surface area contributed by atoms with Gasteiger partial charge in [-0.2, -0.15) is 0 Å². The number of halogens is 1.